The fourth-order valence-electron chi connectivity index (χ4n) is 4.40. The molecule has 2 aromatic carbocycles. The predicted octanol–water partition coefficient (Wildman–Crippen LogP) is 5.76. The summed E-state index contributed by atoms with van der Waals surface area (Å²) in [6, 6.07) is 14.6. The monoisotopic (exact) mass is 450 g/mol. The first-order valence-corrected chi connectivity index (χ1v) is 10.7. The molecule has 4 aromatic rings. The van der Waals surface area contributed by atoms with Gasteiger partial charge in [0.05, 0.1) is 17.9 Å². The van der Waals surface area contributed by atoms with Crippen LogP contribution in [0.15, 0.2) is 60.8 Å². The minimum atomic E-state index is -2.81. The molecule has 0 N–H and O–H groups in total. The van der Waals surface area contributed by atoms with E-state index in [-0.39, 0.29) is 22.7 Å². The molecular formula is C25H21F3N4O. The van der Waals surface area contributed by atoms with E-state index in [1.807, 2.05) is 19.1 Å². The maximum Gasteiger partial charge on any atom is 0.280 e. The van der Waals surface area contributed by atoms with E-state index >= 15 is 0 Å². The highest BCUT2D eigenvalue weighted by molar-refractivity contribution is 6.00. The Hall–Kier alpha value is -3.68. The van der Waals surface area contributed by atoms with Gasteiger partial charge in [-0.3, -0.25) is 4.79 Å². The first kappa shape index (κ1) is 21.2. The van der Waals surface area contributed by atoms with Gasteiger partial charge >= 0.3 is 0 Å². The van der Waals surface area contributed by atoms with Crippen LogP contribution in [0.25, 0.3) is 16.9 Å². The average Bonchev–Trinajstić information content (AvgIpc) is 3.46. The van der Waals surface area contributed by atoms with Crippen LogP contribution in [0, 0.1) is 12.7 Å². The minimum Gasteiger partial charge on any atom is -0.331 e. The van der Waals surface area contributed by atoms with Crippen LogP contribution in [0.2, 0.25) is 0 Å². The highest BCUT2D eigenvalue weighted by Gasteiger charge is 2.34. The Morgan fingerprint density at radius 3 is 2.61 bits per heavy atom. The van der Waals surface area contributed by atoms with Crippen molar-refractivity contribution in [2.45, 2.75) is 32.2 Å². The van der Waals surface area contributed by atoms with Gasteiger partial charge in [0.2, 0.25) is 0 Å². The third-order valence-electron chi connectivity index (χ3n) is 6.08. The number of aryl methyl sites for hydroxylation is 1. The zero-order valence-electron chi connectivity index (χ0n) is 17.9. The van der Waals surface area contributed by atoms with E-state index in [4.69, 9.17) is 0 Å². The number of aromatic nitrogens is 3. The van der Waals surface area contributed by atoms with Gasteiger partial charge in [-0.15, -0.1) is 0 Å². The van der Waals surface area contributed by atoms with E-state index in [1.54, 1.807) is 35.2 Å². The molecule has 1 unspecified atom stereocenters. The molecule has 0 saturated carbocycles. The van der Waals surface area contributed by atoms with Crippen molar-refractivity contribution in [2.75, 3.05) is 6.54 Å². The summed E-state index contributed by atoms with van der Waals surface area (Å²) in [5, 5.41) is 4.05. The van der Waals surface area contributed by atoms with Crippen LogP contribution in [-0.4, -0.2) is 31.9 Å². The van der Waals surface area contributed by atoms with Crippen molar-refractivity contribution < 1.29 is 18.0 Å². The van der Waals surface area contributed by atoms with Crippen LogP contribution in [0.5, 0.6) is 0 Å². The van der Waals surface area contributed by atoms with E-state index in [0.717, 1.165) is 10.1 Å². The summed E-state index contributed by atoms with van der Waals surface area (Å²) in [4.78, 5) is 19.6. The predicted molar refractivity (Wildman–Crippen MR) is 118 cm³/mol. The van der Waals surface area contributed by atoms with E-state index in [1.165, 1.54) is 18.3 Å². The van der Waals surface area contributed by atoms with Gasteiger partial charge in [-0.1, -0.05) is 48.0 Å². The van der Waals surface area contributed by atoms with Crippen molar-refractivity contribution in [3.05, 3.63) is 89.0 Å². The number of hydrogen-bond donors (Lipinski definition) is 0. The molecule has 1 aliphatic rings. The molecule has 1 aliphatic heterocycles. The van der Waals surface area contributed by atoms with Crippen LogP contribution in [0.4, 0.5) is 13.2 Å². The van der Waals surface area contributed by atoms with Crippen LogP contribution in [-0.2, 0) is 0 Å². The molecule has 1 fully saturated rings. The zero-order chi connectivity index (χ0) is 23.1. The van der Waals surface area contributed by atoms with Gasteiger partial charge in [0.1, 0.15) is 17.1 Å². The molecule has 0 aliphatic carbocycles. The number of likely N-dealkylation sites (tertiary alicyclic amines) is 1. The summed E-state index contributed by atoms with van der Waals surface area (Å²) < 4.78 is 43.2. The summed E-state index contributed by atoms with van der Waals surface area (Å²) in [6.45, 7) is 2.37. The number of amides is 1. The molecule has 2 aromatic heterocycles. The Morgan fingerprint density at radius 1 is 1.12 bits per heavy atom. The molecule has 0 radical (unpaired) electrons. The Morgan fingerprint density at radius 2 is 1.88 bits per heavy atom. The van der Waals surface area contributed by atoms with Gasteiger partial charge in [-0.2, -0.15) is 5.10 Å². The van der Waals surface area contributed by atoms with Gasteiger partial charge in [-0.25, -0.2) is 22.7 Å². The van der Waals surface area contributed by atoms with E-state index < -0.39 is 18.4 Å². The number of benzene rings is 2. The number of hydrogen-bond acceptors (Lipinski definition) is 3. The summed E-state index contributed by atoms with van der Waals surface area (Å²) >= 11 is 0. The maximum absolute atomic E-state index is 14.4. The lowest BCUT2D eigenvalue weighted by molar-refractivity contribution is 0.0735. The quantitative estimate of drug-likeness (QED) is 0.397. The number of halogens is 3. The van der Waals surface area contributed by atoms with E-state index in [2.05, 4.69) is 10.1 Å². The third-order valence-corrected chi connectivity index (χ3v) is 6.08. The van der Waals surface area contributed by atoms with Crippen molar-refractivity contribution in [1.82, 2.24) is 19.5 Å². The summed E-state index contributed by atoms with van der Waals surface area (Å²) in [5.41, 5.74) is 2.31. The van der Waals surface area contributed by atoms with Gasteiger partial charge in [-0.05, 0) is 31.9 Å². The first-order valence-electron chi connectivity index (χ1n) is 10.7. The molecular weight excluding hydrogens is 429 g/mol. The number of carbonyl (C=O) groups is 1. The minimum absolute atomic E-state index is 0.0626. The van der Waals surface area contributed by atoms with Crippen molar-refractivity contribution >= 4 is 11.6 Å². The first-order chi connectivity index (χ1) is 15.9. The van der Waals surface area contributed by atoms with Crippen molar-refractivity contribution in [3.8, 4) is 11.3 Å². The fraction of sp³-hybridized carbons (Fsp3) is 0.240. The highest BCUT2D eigenvalue weighted by atomic mass is 19.3. The number of carbonyl (C=O) groups excluding carboxylic acids is 1. The van der Waals surface area contributed by atoms with Gasteiger partial charge in [0, 0.05) is 17.7 Å². The van der Waals surface area contributed by atoms with Gasteiger partial charge in [0.15, 0.2) is 5.65 Å². The molecule has 33 heavy (non-hydrogen) atoms. The molecule has 168 valence electrons. The average molecular weight is 450 g/mol. The SMILES string of the molecule is Cc1ccc(-c2cc(C(F)F)n3ncc(C(=O)N4CCCC4c4ccccc4F)c3n2)cc1. The summed E-state index contributed by atoms with van der Waals surface area (Å²) in [5.74, 6) is -0.772. The second kappa shape index (κ2) is 8.35. The number of fused-ring (bicyclic) bond motifs is 1. The van der Waals surface area contributed by atoms with Gasteiger partial charge in [0.25, 0.3) is 12.3 Å². The Balaban J connectivity index is 1.60. The van der Waals surface area contributed by atoms with Crippen molar-refractivity contribution in [2.24, 2.45) is 0 Å². The molecule has 1 saturated heterocycles. The van der Waals surface area contributed by atoms with Crippen LogP contribution in [0.3, 0.4) is 0 Å². The van der Waals surface area contributed by atoms with Crippen LogP contribution < -0.4 is 0 Å². The Labute approximate surface area is 188 Å². The number of alkyl halides is 2. The largest absolute Gasteiger partial charge is 0.331 e. The maximum atomic E-state index is 14.4. The van der Waals surface area contributed by atoms with Gasteiger partial charge < -0.3 is 4.90 Å². The van der Waals surface area contributed by atoms with E-state index in [9.17, 15) is 18.0 Å². The Kier molecular flexibility index (Phi) is 5.36. The second-order valence-electron chi connectivity index (χ2n) is 8.20. The molecule has 5 nitrogen and oxygen atoms in total. The second-order valence-corrected chi connectivity index (χ2v) is 8.20. The normalized spacial score (nSPS) is 16.2. The van der Waals surface area contributed by atoms with Crippen LogP contribution in [0.1, 0.15) is 52.5 Å². The molecule has 0 bridgehead atoms. The molecule has 3 heterocycles. The summed E-state index contributed by atoms with van der Waals surface area (Å²) in [6.07, 6.45) is -0.197. The zero-order valence-corrected chi connectivity index (χ0v) is 17.9. The van der Waals surface area contributed by atoms with Crippen LogP contribution >= 0.6 is 0 Å². The Bertz CT molecular complexity index is 1330. The fourth-order valence-corrected chi connectivity index (χ4v) is 4.40. The number of nitrogens with zero attached hydrogens (tertiary/aromatic N) is 4. The standard InChI is InChI=1S/C25H21F3N4O/c1-15-8-10-16(11-9-15)20-13-22(23(27)28)32-24(30-20)18(14-29-32)25(33)31-12-4-7-21(31)17-5-2-3-6-19(17)26/h2-3,5-6,8-11,13-14,21,23H,4,7,12H2,1H3. The molecule has 0 spiro atoms. The lowest BCUT2D eigenvalue weighted by Gasteiger charge is -2.25. The summed E-state index contributed by atoms with van der Waals surface area (Å²) in [7, 11) is 0. The van der Waals surface area contributed by atoms with Crippen molar-refractivity contribution in [3.63, 3.8) is 0 Å². The van der Waals surface area contributed by atoms with Crippen molar-refractivity contribution in [1.29, 1.82) is 0 Å². The molecule has 1 atom stereocenters. The molecule has 1 amide bonds. The van der Waals surface area contributed by atoms with E-state index in [0.29, 0.717) is 36.2 Å². The number of rotatable bonds is 4. The lowest BCUT2D eigenvalue weighted by atomic mass is 10.0. The highest BCUT2D eigenvalue weighted by Crippen LogP contribution is 2.35. The third kappa shape index (κ3) is 3.75. The smallest absolute Gasteiger partial charge is 0.280 e. The lowest BCUT2D eigenvalue weighted by Crippen LogP contribution is -2.31. The molecule has 8 heteroatoms. The molecule has 5 rings (SSSR count). The topological polar surface area (TPSA) is 50.5 Å².